The molecule has 2 aromatic rings. The second-order valence-corrected chi connectivity index (χ2v) is 5.94. The number of aliphatic hydroxyl groups is 1. The summed E-state index contributed by atoms with van der Waals surface area (Å²) < 4.78 is 1.63. The van der Waals surface area contributed by atoms with Gasteiger partial charge in [-0.3, -0.25) is 14.2 Å². The Balaban J connectivity index is 2.49. The molecule has 2 rings (SSSR count). The van der Waals surface area contributed by atoms with Gasteiger partial charge in [0.15, 0.2) is 4.77 Å². The summed E-state index contributed by atoms with van der Waals surface area (Å²) in [4.78, 5) is 27.1. The monoisotopic (exact) mass is 307 g/mol. The van der Waals surface area contributed by atoms with Crippen molar-refractivity contribution in [2.24, 2.45) is 7.05 Å². The number of carbonyl (C=O) groups excluding carboxylic acids is 1. The van der Waals surface area contributed by atoms with E-state index in [0.717, 1.165) is 0 Å². The van der Waals surface area contributed by atoms with Gasteiger partial charge >= 0.3 is 0 Å². The first kappa shape index (κ1) is 15.4. The fraction of sp³-hybridized carbons (Fsp3) is 0.357. The highest BCUT2D eigenvalue weighted by Crippen LogP contribution is 2.12. The third-order valence-corrected chi connectivity index (χ3v) is 3.59. The Morgan fingerprint density at radius 2 is 2.14 bits per heavy atom. The zero-order chi connectivity index (χ0) is 15.8. The molecule has 6 nitrogen and oxygen atoms in total. The van der Waals surface area contributed by atoms with Gasteiger partial charge in [0, 0.05) is 12.6 Å². The van der Waals surface area contributed by atoms with Crippen molar-refractivity contribution in [3.63, 3.8) is 0 Å². The first-order chi connectivity index (χ1) is 9.75. The van der Waals surface area contributed by atoms with Crippen molar-refractivity contribution in [3.8, 4) is 0 Å². The first-order valence-electron chi connectivity index (χ1n) is 6.41. The predicted molar refractivity (Wildman–Crippen MR) is 83.0 cm³/mol. The number of hydrogen-bond donors (Lipinski definition) is 3. The van der Waals surface area contributed by atoms with E-state index in [2.05, 4.69) is 10.3 Å². The van der Waals surface area contributed by atoms with E-state index >= 15 is 0 Å². The van der Waals surface area contributed by atoms with E-state index in [1.165, 1.54) is 4.57 Å². The molecule has 0 unspecified atom stereocenters. The van der Waals surface area contributed by atoms with Crippen LogP contribution in [-0.4, -0.2) is 32.7 Å². The van der Waals surface area contributed by atoms with Gasteiger partial charge in [0.25, 0.3) is 11.5 Å². The Morgan fingerprint density at radius 1 is 1.48 bits per heavy atom. The average molecular weight is 307 g/mol. The van der Waals surface area contributed by atoms with E-state index in [9.17, 15) is 14.7 Å². The Labute approximate surface area is 126 Å². The van der Waals surface area contributed by atoms with E-state index in [4.69, 9.17) is 12.2 Å². The molecule has 1 heterocycles. The van der Waals surface area contributed by atoms with Gasteiger partial charge in [-0.25, -0.2) is 0 Å². The number of aromatic nitrogens is 2. The Morgan fingerprint density at radius 3 is 2.76 bits per heavy atom. The lowest BCUT2D eigenvalue weighted by atomic mass is 10.1. The Kier molecular flexibility index (Phi) is 3.97. The molecule has 1 aromatic heterocycles. The van der Waals surface area contributed by atoms with Gasteiger partial charge in [-0.1, -0.05) is 0 Å². The maximum atomic E-state index is 12.2. The van der Waals surface area contributed by atoms with Crippen LogP contribution in [0.1, 0.15) is 24.2 Å². The van der Waals surface area contributed by atoms with Crippen LogP contribution in [-0.2, 0) is 7.05 Å². The lowest BCUT2D eigenvalue weighted by Gasteiger charge is -2.23. The molecule has 0 saturated carbocycles. The van der Waals surface area contributed by atoms with Crippen LogP contribution in [0.4, 0.5) is 0 Å². The number of nitrogens with zero attached hydrogens (tertiary/aromatic N) is 1. The molecule has 21 heavy (non-hydrogen) atoms. The van der Waals surface area contributed by atoms with Crippen molar-refractivity contribution in [2.75, 3.05) is 6.61 Å². The highest BCUT2D eigenvalue weighted by Gasteiger charge is 2.20. The van der Waals surface area contributed by atoms with Crippen LogP contribution in [0.15, 0.2) is 23.0 Å². The van der Waals surface area contributed by atoms with Gasteiger partial charge < -0.3 is 15.4 Å². The van der Waals surface area contributed by atoms with Crippen molar-refractivity contribution < 1.29 is 9.90 Å². The number of rotatable bonds is 3. The minimum atomic E-state index is -0.717. The van der Waals surface area contributed by atoms with Crippen LogP contribution < -0.4 is 10.9 Å². The molecule has 0 aliphatic carbocycles. The second-order valence-electron chi connectivity index (χ2n) is 5.55. The number of nitrogens with one attached hydrogen (secondary N) is 2. The molecule has 0 fully saturated rings. The maximum Gasteiger partial charge on any atom is 0.261 e. The molecule has 0 atom stereocenters. The molecule has 3 N–H and O–H groups in total. The van der Waals surface area contributed by atoms with E-state index in [1.807, 2.05) is 0 Å². The number of hydrogen-bond acceptors (Lipinski definition) is 4. The largest absolute Gasteiger partial charge is 0.394 e. The third-order valence-electron chi connectivity index (χ3n) is 3.21. The van der Waals surface area contributed by atoms with Crippen molar-refractivity contribution in [1.82, 2.24) is 14.9 Å². The van der Waals surface area contributed by atoms with Crippen LogP contribution in [0, 0.1) is 4.77 Å². The predicted octanol–water partition coefficient (Wildman–Crippen LogP) is 1.10. The summed E-state index contributed by atoms with van der Waals surface area (Å²) in [5.41, 5.74) is -0.0250. The highest BCUT2D eigenvalue weighted by atomic mass is 32.1. The van der Waals surface area contributed by atoms with Gasteiger partial charge in [-0.05, 0) is 44.3 Å². The lowest BCUT2D eigenvalue weighted by molar-refractivity contribution is 0.0869. The number of carbonyl (C=O) groups is 1. The molecule has 0 radical (unpaired) electrons. The summed E-state index contributed by atoms with van der Waals surface area (Å²) in [7, 11) is 1.59. The average Bonchev–Trinajstić information content (AvgIpc) is 2.44. The van der Waals surface area contributed by atoms with Crippen molar-refractivity contribution in [2.45, 2.75) is 19.4 Å². The number of H-pyrrole nitrogens is 1. The molecule has 112 valence electrons. The van der Waals surface area contributed by atoms with Crippen LogP contribution in [0.25, 0.3) is 10.9 Å². The fourth-order valence-corrected chi connectivity index (χ4v) is 2.06. The van der Waals surface area contributed by atoms with Gasteiger partial charge in [-0.2, -0.15) is 0 Å². The summed E-state index contributed by atoms with van der Waals surface area (Å²) in [5.74, 6) is -0.323. The number of benzene rings is 1. The third kappa shape index (κ3) is 3.03. The number of fused-ring (bicyclic) bond motifs is 1. The van der Waals surface area contributed by atoms with E-state index in [0.29, 0.717) is 21.2 Å². The number of aliphatic hydroxyl groups excluding tert-OH is 1. The number of aromatic amines is 1. The van der Waals surface area contributed by atoms with E-state index in [-0.39, 0.29) is 18.1 Å². The minimum Gasteiger partial charge on any atom is -0.394 e. The maximum absolute atomic E-state index is 12.2. The molecular weight excluding hydrogens is 290 g/mol. The lowest BCUT2D eigenvalue weighted by Crippen LogP contribution is -2.46. The highest BCUT2D eigenvalue weighted by molar-refractivity contribution is 7.71. The summed E-state index contributed by atoms with van der Waals surface area (Å²) in [5, 5.41) is 12.4. The molecule has 0 aliphatic heterocycles. The van der Waals surface area contributed by atoms with Crippen LogP contribution >= 0.6 is 12.2 Å². The summed E-state index contributed by atoms with van der Waals surface area (Å²) in [6.07, 6.45) is 0. The molecule has 0 saturated heterocycles. The second kappa shape index (κ2) is 5.42. The zero-order valence-electron chi connectivity index (χ0n) is 12.1. The number of amides is 1. The van der Waals surface area contributed by atoms with Crippen LogP contribution in [0.2, 0.25) is 0 Å². The van der Waals surface area contributed by atoms with Crippen molar-refractivity contribution >= 4 is 29.0 Å². The normalized spacial score (nSPS) is 11.6. The van der Waals surface area contributed by atoms with Gasteiger partial charge in [0.1, 0.15) is 0 Å². The molecular formula is C14H17N3O3S. The van der Waals surface area contributed by atoms with Crippen LogP contribution in [0.3, 0.4) is 0 Å². The minimum absolute atomic E-state index is 0.171. The molecule has 0 spiro atoms. The molecule has 1 amide bonds. The fourth-order valence-electron chi connectivity index (χ4n) is 1.87. The molecule has 1 aromatic carbocycles. The summed E-state index contributed by atoms with van der Waals surface area (Å²) in [6.45, 7) is 3.26. The van der Waals surface area contributed by atoms with Gasteiger partial charge in [0.2, 0.25) is 0 Å². The molecule has 0 bridgehead atoms. The summed E-state index contributed by atoms with van der Waals surface area (Å²) in [6, 6.07) is 4.74. The van der Waals surface area contributed by atoms with E-state index in [1.54, 1.807) is 39.1 Å². The SMILES string of the molecule is Cn1c(=S)[nH]c2cc(C(=O)NC(C)(C)CO)ccc2c1=O. The quantitative estimate of drug-likeness (QED) is 0.741. The van der Waals surface area contributed by atoms with Crippen molar-refractivity contribution in [3.05, 3.63) is 38.9 Å². The van der Waals surface area contributed by atoms with Gasteiger partial charge in [-0.15, -0.1) is 0 Å². The molecule has 7 heteroatoms. The Hall–Kier alpha value is -1.99. The van der Waals surface area contributed by atoms with Gasteiger partial charge in [0.05, 0.1) is 23.0 Å². The smallest absolute Gasteiger partial charge is 0.261 e. The first-order valence-corrected chi connectivity index (χ1v) is 6.82. The van der Waals surface area contributed by atoms with Crippen molar-refractivity contribution in [1.29, 1.82) is 0 Å². The Bertz CT molecular complexity index is 820. The topological polar surface area (TPSA) is 87.1 Å². The molecule has 0 aliphatic rings. The standard InChI is InChI=1S/C14H17N3O3S/c1-14(2,7-18)16-11(19)8-4-5-9-10(6-8)15-13(21)17(3)12(9)20/h4-6,18H,7H2,1-3H3,(H,15,21)(H,16,19). The van der Waals surface area contributed by atoms with Crippen LogP contribution in [0.5, 0.6) is 0 Å². The summed E-state index contributed by atoms with van der Waals surface area (Å²) >= 11 is 5.06. The zero-order valence-corrected chi connectivity index (χ0v) is 12.9. The van der Waals surface area contributed by atoms with E-state index < -0.39 is 5.54 Å².